The number of anilines is 1. The second-order valence-corrected chi connectivity index (χ2v) is 5.82. The molecule has 1 aromatic rings. The lowest BCUT2D eigenvalue weighted by Gasteiger charge is -2.31. The van der Waals surface area contributed by atoms with Crippen molar-refractivity contribution >= 4 is 21.6 Å². The van der Waals surface area contributed by atoms with E-state index in [4.69, 9.17) is 0 Å². The Morgan fingerprint density at radius 1 is 1.63 bits per heavy atom. The smallest absolute Gasteiger partial charge is 0.282 e. The Bertz CT molecular complexity index is 482. The van der Waals surface area contributed by atoms with Crippen molar-refractivity contribution in [2.45, 2.75) is 19.8 Å². The summed E-state index contributed by atoms with van der Waals surface area (Å²) < 4.78 is 1.96. The predicted octanol–water partition coefficient (Wildman–Crippen LogP) is 1.37. The molecular formula is C13H21BrN4O. The van der Waals surface area contributed by atoms with Crippen molar-refractivity contribution in [3.05, 3.63) is 21.0 Å². The van der Waals surface area contributed by atoms with Crippen LogP contribution in [0.2, 0.25) is 0 Å². The number of hydrogen-bond donors (Lipinski definition) is 1. The molecule has 0 saturated carbocycles. The molecule has 1 atom stereocenters. The molecule has 2 rings (SSSR count). The van der Waals surface area contributed by atoms with Crippen molar-refractivity contribution in [2.75, 3.05) is 31.1 Å². The van der Waals surface area contributed by atoms with Crippen LogP contribution in [0.4, 0.5) is 5.69 Å². The lowest BCUT2D eigenvalue weighted by atomic mass is 9.99. The zero-order valence-corrected chi connectivity index (χ0v) is 13.1. The standard InChI is InChI=1S/C13H21BrN4O/c1-3-18(9-10-5-4-6-15-7-10)11-8-16-17(2)13(19)12(11)14/h8,10,15H,3-7,9H2,1-2H3. The number of aromatic nitrogens is 2. The van der Waals surface area contributed by atoms with Crippen LogP contribution < -0.4 is 15.8 Å². The van der Waals surface area contributed by atoms with Crippen LogP contribution in [0.15, 0.2) is 15.5 Å². The first kappa shape index (κ1) is 14.5. The van der Waals surface area contributed by atoms with Crippen molar-refractivity contribution in [2.24, 2.45) is 13.0 Å². The Morgan fingerprint density at radius 2 is 2.42 bits per heavy atom. The molecule has 1 aliphatic rings. The van der Waals surface area contributed by atoms with E-state index in [0.29, 0.717) is 10.4 Å². The maximum Gasteiger partial charge on any atom is 0.282 e. The van der Waals surface area contributed by atoms with E-state index in [-0.39, 0.29) is 5.56 Å². The van der Waals surface area contributed by atoms with E-state index in [1.54, 1.807) is 13.2 Å². The third-order valence-corrected chi connectivity index (χ3v) is 4.41. The SMILES string of the molecule is CCN(CC1CCCNC1)c1cnn(C)c(=O)c1Br. The highest BCUT2D eigenvalue weighted by Gasteiger charge is 2.19. The van der Waals surface area contributed by atoms with Gasteiger partial charge >= 0.3 is 0 Å². The van der Waals surface area contributed by atoms with Crippen LogP contribution in [-0.2, 0) is 7.05 Å². The first-order valence-electron chi connectivity index (χ1n) is 6.81. The molecule has 0 aromatic carbocycles. The fourth-order valence-electron chi connectivity index (χ4n) is 2.51. The fraction of sp³-hybridized carbons (Fsp3) is 0.692. The molecule has 106 valence electrons. The van der Waals surface area contributed by atoms with Gasteiger partial charge in [0.25, 0.3) is 5.56 Å². The van der Waals surface area contributed by atoms with Gasteiger partial charge in [-0.1, -0.05) is 0 Å². The molecule has 0 aliphatic carbocycles. The third-order valence-electron chi connectivity index (χ3n) is 3.66. The van der Waals surface area contributed by atoms with Crippen molar-refractivity contribution in [3.63, 3.8) is 0 Å². The summed E-state index contributed by atoms with van der Waals surface area (Å²) in [5, 5.41) is 7.55. The molecule has 1 aliphatic heterocycles. The molecule has 0 bridgehead atoms. The molecule has 0 amide bonds. The summed E-state index contributed by atoms with van der Waals surface area (Å²) in [6, 6.07) is 0. The molecule has 2 heterocycles. The Kier molecular flexibility index (Phi) is 4.99. The second kappa shape index (κ2) is 6.52. The minimum Gasteiger partial charge on any atom is -0.369 e. The minimum absolute atomic E-state index is 0.0854. The monoisotopic (exact) mass is 328 g/mol. The van der Waals surface area contributed by atoms with Crippen LogP contribution in [0.1, 0.15) is 19.8 Å². The number of rotatable bonds is 4. The first-order chi connectivity index (χ1) is 9.13. The van der Waals surface area contributed by atoms with Crippen LogP contribution in [0.3, 0.4) is 0 Å². The average Bonchev–Trinajstić information content (AvgIpc) is 2.44. The van der Waals surface area contributed by atoms with Crippen LogP contribution in [0.5, 0.6) is 0 Å². The van der Waals surface area contributed by atoms with E-state index < -0.39 is 0 Å². The molecule has 1 unspecified atom stereocenters. The van der Waals surface area contributed by atoms with E-state index in [0.717, 1.165) is 31.9 Å². The Balaban J connectivity index is 2.17. The van der Waals surface area contributed by atoms with E-state index in [1.165, 1.54) is 17.5 Å². The fourth-order valence-corrected chi connectivity index (χ4v) is 3.12. The van der Waals surface area contributed by atoms with Gasteiger partial charge in [0.15, 0.2) is 0 Å². The van der Waals surface area contributed by atoms with Gasteiger partial charge in [0.2, 0.25) is 0 Å². The summed E-state index contributed by atoms with van der Waals surface area (Å²) in [5.41, 5.74) is 0.814. The summed E-state index contributed by atoms with van der Waals surface area (Å²) in [6.07, 6.45) is 4.25. The summed E-state index contributed by atoms with van der Waals surface area (Å²) in [7, 11) is 1.66. The number of halogens is 1. The highest BCUT2D eigenvalue weighted by atomic mass is 79.9. The molecule has 0 spiro atoms. The van der Waals surface area contributed by atoms with Gasteiger partial charge in [-0.05, 0) is 54.7 Å². The van der Waals surface area contributed by atoms with Gasteiger partial charge in [0.05, 0.1) is 11.9 Å². The summed E-state index contributed by atoms with van der Waals surface area (Å²) >= 11 is 3.41. The lowest BCUT2D eigenvalue weighted by Crippen LogP contribution is -2.39. The number of nitrogens with one attached hydrogen (secondary N) is 1. The topological polar surface area (TPSA) is 50.2 Å². The van der Waals surface area contributed by atoms with Crippen molar-refractivity contribution in [3.8, 4) is 0 Å². The zero-order valence-electron chi connectivity index (χ0n) is 11.5. The molecule has 1 aromatic heterocycles. The Hall–Kier alpha value is -0.880. The maximum atomic E-state index is 11.9. The molecule has 1 N–H and O–H groups in total. The zero-order chi connectivity index (χ0) is 13.8. The Morgan fingerprint density at radius 3 is 3.05 bits per heavy atom. The van der Waals surface area contributed by atoms with Gasteiger partial charge in [-0.15, -0.1) is 0 Å². The third kappa shape index (κ3) is 3.36. The lowest BCUT2D eigenvalue weighted by molar-refractivity contribution is 0.377. The van der Waals surface area contributed by atoms with Crippen molar-refractivity contribution in [1.82, 2.24) is 15.1 Å². The minimum atomic E-state index is -0.0854. The molecular weight excluding hydrogens is 308 g/mol. The molecule has 1 saturated heterocycles. The maximum absolute atomic E-state index is 11.9. The van der Waals surface area contributed by atoms with Gasteiger partial charge in [-0.2, -0.15) is 5.10 Å². The predicted molar refractivity (Wildman–Crippen MR) is 80.7 cm³/mol. The Labute approximate surface area is 122 Å². The number of nitrogens with zero attached hydrogens (tertiary/aromatic N) is 3. The quantitative estimate of drug-likeness (QED) is 0.906. The number of hydrogen-bond acceptors (Lipinski definition) is 4. The summed E-state index contributed by atoms with van der Waals surface area (Å²) in [5.74, 6) is 0.643. The highest BCUT2D eigenvalue weighted by molar-refractivity contribution is 9.10. The van der Waals surface area contributed by atoms with E-state index in [2.05, 4.69) is 38.2 Å². The van der Waals surface area contributed by atoms with Gasteiger partial charge in [0, 0.05) is 20.1 Å². The molecule has 19 heavy (non-hydrogen) atoms. The summed E-state index contributed by atoms with van der Waals surface area (Å²) in [6.45, 7) is 6.15. The van der Waals surface area contributed by atoms with Crippen molar-refractivity contribution in [1.29, 1.82) is 0 Å². The first-order valence-corrected chi connectivity index (χ1v) is 7.60. The van der Waals surface area contributed by atoms with Gasteiger partial charge in [-0.25, -0.2) is 4.68 Å². The number of aryl methyl sites for hydroxylation is 1. The number of piperidine rings is 1. The second-order valence-electron chi connectivity index (χ2n) is 5.02. The largest absolute Gasteiger partial charge is 0.369 e. The van der Waals surface area contributed by atoms with Crippen LogP contribution in [0.25, 0.3) is 0 Å². The van der Waals surface area contributed by atoms with E-state index in [1.807, 2.05) is 0 Å². The van der Waals surface area contributed by atoms with E-state index >= 15 is 0 Å². The molecule has 6 heteroatoms. The summed E-state index contributed by atoms with van der Waals surface area (Å²) in [4.78, 5) is 14.1. The molecule has 0 radical (unpaired) electrons. The van der Waals surface area contributed by atoms with Gasteiger partial charge in [0.1, 0.15) is 4.47 Å². The van der Waals surface area contributed by atoms with E-state index in [9.17, 15) is 4.79 Å². The molecule has 1 fully saturated rings. The van der Waals surface area contributed by atoms with Crippen LogP contribution in [-0.4, -0.2) is 36.0 Å². The van der Waals surface area contributed by atoms with Gasteiger partial charge < -0.3 is 10.2 Å². The van der Waals surface area contributed by atoms with Crippen LogP contribution in [0, 0.1) is 5.92 Å². The average molecular weight is 329 g/mol. The normalized spacial score (nSPS) is 19.4. The van der Waals surface area contributed by atoms with Gasteiger partial charge in [-0.3, -0.25) is 4.79 Å². The van der Waals surface area contributed by atoms with Crippen molar-refractivity contribution < 1.29 is 0 Å². The van der Waals surface area contributed by atoms with Crippen LogP contribution >= 0.6 is 15.9 Å². The highest BCUT2D eigenvalue weighted by Crippen LogP contribution is 2.23. The molecule has 5 nitrogen and oxygen atoms in total.